The van der Waals surface area contributed by atoms with Crippen molar-refractivity contribution < 1.29 is 19.1 Å². The number of carbonyl (C=O) groups excluding carboxylic acids is 1. The van der Waals surface area contributed by atoms with Crippen LogP contribution in [0.5, 0.6) is 11.5 Å². The van der Waals surface area contributed by atoms with E-state index in [2.05, 4.69) is 19.1 Å². The van der Waals surface area contributed by atoms with E-state index in [1.54, 1.807) is 20.1 Å². The first-order valence-corrected chi connectivity index (χ1v) is 10.5. The van der Waals surface area contributed by atoms with Crippen molar-refractivity contribution in [2.75, 3.05) is 18.8 Å². The zero-order valence-electron chi connectivity index (χ0n) is 18.0. The first kappa shape index (κ1) is 20.9. The van der Waals surface area contributed by atoms with Crippen LogP contribution in [0.3, 0.4) is 0 Å². The number of hydrogen-bond donors (Lipinski definition) is 0. The summed E-state index contributed by atoms with van der Waals surface area (Å²) in [6.45, 7) is 4.04. The lowest BCUT2D eigenvalue weighted by Crippen LogP contribution is -2.28. The summed E-state index contributed by atoms with van der Waals surface area (Å²) < 4.78 is 11.5. The van der Waals surface area contributed by atoms with E-state index in [0.29, 0.717) is 17.9 Å². The lowest BCUT2D eigenvalue weighted by atomic mass is 9.90. The number of rotatable bonds is 7. The first-order chi connectivity index (χ1) is 15.1. The zero-order valence-corrected chi connectivity index (χ0v) is 18.0. The molecule has 31 heavy (non-hydrogen) atoms. The summed E-state index contributed by atoms with van der Waals surface area (Å²) in [5.74, 6) is 1.46. The van der Waals surface area contributed by atoms with Crippen LogP contribution in [-0.4, -0.2) is 25.6 Å². The van der Waals surface area contributed by atoms with Crippen LogP contribution < -0.4 is 14.5 Å². The molecule has 0 saturated carbocycles. The third-order valence-corrected chi connectivity index (χ3v) is 5.71. The molecule has 160 valence electrons. The number of methoxy groups -OCH3 is 1. The SMILES string of the molecule is COc1ccc([C@@H]2[C@@H](COc3ccccc3C(C)=O)[C@H](C)ON2c2ccccc2)cc1. The van der Waals surface area contributed by atoms with E-state index in [0.717, 1.165) is 17.0 Å². The zero-order chi connectivity index (χ0) is 21.8. The molecule has 3 atom stereocenters. The van der Waals surface area contributed by atoms with Gasteiger partial charge in [-0.15, -0.1) is 0 Å². The molecular formula is C26H27NO4. The topological polar surface area (TPSA) is 48.0 Å². The molecule has 4 rings (SSSR count). The van der Waals surface area contributed by atoms with Crippen molar-refractivity contribution in [3.63, 3.8) is 0 Å². The number of ether oxygens (including phenoxy) is 2. The number of benzene rings is 3. The molecule has 1 aliphatic rings. The van der Waals surface area contributed by atoms with E-state index in [-0.39, 0.29) is 23.8 Å². The predicted molar refractivity (Wildman–Crippen MR) is 121 cm³/mol. The minimum absolute atomic E-state index is 0.0102. The maximum absolute atomic E-state index is 12.0. The van der Waals surface area contributed by atoms with Gasteiger partial charge in [0, 0.05) is 5.92 Å². The van der Waals surface area contributed by atoms with E-state index in [9.17, 15) is 4.79 Å². The van der Waals surface area contributed by atoms with Crippen LogP contribution in [0.2, 0.25) is 0 Å². The van der Waals surface area contributed by atoms with Crippen molar-refractivity contribution in [2.45, 2.75) is 26.0 Å². The smallest absolute Gasteiger partial charge is 0.163 e. The molecule has 0 aliphatic carbocycles. The van der Waals surface area contributed by atoms with Gasteiger partial charge in [0.1, 0.15) is 11.5 Å². The normalized spacial score (nSPS) is 20.5. The third-order valence-electron chi connectivity index (χ3n) is 5.71. The summed E-state index contributed by atoms with van der Waals surface area (Å²) in [6, 6.07) is 25.5. The summed E-state index contributed by atoms with van der Waals surface area (Å²) in [7, 11) is 1.66. The van der Waals surface area contributed by atoms with Gasteiger partial charge < -0.3 is 9.47 Å². The van der Waals surface area contributed by atoms with Gasteiger partial charge in [0.2, 0.25) is 0 Å². The second-order valence-corrected chi connectivity index (χ2v) is 7.72. The van der Waals surface area contributed by atoms with E-state index < -0.39 is 0 Å². The number of hydrogen-bond acceptors (Lipinski definition) is 5. The number of para-hydroxylation sites is 2. The molecule has 0 amide bonds. The summed E-state index contributed by atoms with van der Waals surface area (Å²) in [6.07, 6.45) is -0.0724. The number of anilines is 1. The molecule has 1 heterocycles. The summed E-state index contributed by atoms with van der Waals surface area (Å²) in [4.78, 5) is 18.3. The van der Waals surface area contributed by atoms with Crippen molar-refractivity contribution in [1.29, 1.82) is 0 Å². The Hall–Kier alpha value is -3.31. The van der Waals surface area contributed by atoms with Crippen molar-refractivity contribution in [3.05, 3.63) is 90.0 Å². The van der Waals surface area contributed by atoms with Gasteiger partial charge in [0.15, 0.2) is 5.78 Å². The lowest BCUT2D eigenvalue weighted by molar-refractivity contribution is 0.0723. The standard InChI is InChI=1S/C26H27NO4/c1-18(28)23-11-7-8-12-25(23)30-17-24-19(2)31-27(21-9-5-4-6-10-21)26(24)20-13-15-22(29-3)16-14-20/h4-16,19,24,26H,17H2,1-3H3/t19-,24-,26+/m0/s1. The van der Waals surface area contributed by atoms with E-state index in [1.807, 2.05) is 65.7 Å². The molecule has 5 nitrogen and oxygen atoms in total. The fourth-order valence-corrected chi connectivity index (χ4v) is 4.03. The molecule has 5 heteroatoms. The molecule has 1 fully saturated rings. The Balaban J connectivity index is 1.65. The first-order valence-electron chi connectivity index (χ1n) is 10.5. The van der Waals surface area contributed by atoms with Crippen molar-refractivity contribution in [1.82, 2.24) is 0 Å². The van der Waals surface area contributed by atoms with Gasteiger partial charge in [-0.1, -0.05) is 42.5 Å². The Morgan fingerprint density at radius 1 is 0.968 bits per heavy atom. The van der Waals surface area contributed by atoms with Crippen molar-refractivity contribution >= 4 is 11.5 Å². The molecule has 0 N–H and O–H groups in total. The molecule has 0 unspecified atom stereocenters. The van der Waals surface area contributed by atoms with E-state index in [4.69, 9.17) is 14.3 Å². The molecule has 0 spiro atoms. The van der Waals surface area contributed by atoms with Gasteiger partial charge in [0.05, 0.1) is 37.1 Å². The monoisotopic (exact) mass is 417 g/mol. The van der Waals surface area contributed by atoms with Crippen LogP contribution in [0.4, 0.5) is 5.69 Å². The highest BCUT2D eigenvalue weighted by atomic mass is 16.7. The summed E-state index contributed by atoms with van der Waals surface area (Å²) >= 11 is 0. The van der Waals surface area contributed by atoms with Gasteiger partial charge in [-0.25, -0.2) is 5.06 Å². The fourth-order valence-electron chi connectivity index (χ4n) is 4.03. The quantitative estimate of drug-likeness (QED) is 0.477. The molecule has 0 aromatic heterocycles. The van der Waals surface area contributed by atoms with E-state index >= 15 is 0 Å². The molecule has 1 saturated heterocycles. The Bertz CT molecular complexity index is 1020. The lowest BCUT2D eigenvalue weighted by Gasteiger charge is -2.28. The average molecular weight is 418 g/mol. The maximum Gasteiger partial charge on any atom is 0.163 e. The Morgan fingerprint density at radius 3 is 2.32 bits per heavy atom. The highest BCUT2D eigenvalue weighted by Gasteiger charge is 2.43. The van der Waals surface area contributed by atoms with Crippen molar-refractivity contribution in [3.8, 4) is 11.5 Å². The molecule has 0 radical (unpaired) electrons. The maximum atomic E-state index is 12.0. The Morgan fingerprint density at radius 2 is 1.65 bits per heavy atom. The van der Waals surface area contributed by atoms with Crippen LogP contribution in [0.25, 0.3) is 0 Å². The Labute approximate surface area is 183 Å². The summed E-state index contributed by atoms with van der Waals surface area (Å²) in [5.41, 5.74) is 2.69. The van der Waals surface area contributed by atoms with Crippen LogP contribution >= 0.6 is 0 Å². The number of carbonyl (C=O) groups is 1. The highest BCUT2D eigenvalue weighted by Crippen LogP contribution is 2.43. The number of ketones is 1. The van der Waals surface area contributed by atoms with Gasteiger partial charge in [0.25, 0.3) is 0 Å². The second-order valence-electron chi connectivity index (χ2n) is 7.72. The Kier molecular flexibility index (Phi) is 6.23. The van der Waals surface area contributed by atoms with Gasteiger partial charge in [-0.2, -0.15) is 0 Å². The number of nitrogens with zero attached hydrogens (tertiary/aromatic N) is 1. The van der Waals surface area contributed by atoms with Gasteiger partial charge >= 0.3 is 0 Å². The van der Waals surface area contributed by atoms with Crippen LogP contribution in [0.15, 0.2) is 78.9 Å². The average Bonchev–Trinajstić information content (AvgIpc) is 3.14. The minimum Gasteiger partial charge on any atom is -0.497 e. The van der Waals surface area contributed by atoms with Crippen LogP contribution in [-0.2, 0) is 4.84 Å². The van der Waals surface area contributed by atoms with Crippen LogP contribution in [0, 0.1) is 5.92 Å². The number of hydroxylamine groups is 1. The number of Topliss-reactive ketones (excluding diaryl/α,β-unsaturated/α-hetero) is 1. The summed E-state index contributed by atoms with van der Waals surface area (Å²) in [5, 5.41) is 1.97. The second kappa shape index (κ2) is 9.23. The van der Waals surface area contributed by atoms with Crippen molar-refractivity contribution in [2.24, 2.45) is 5.92 Å². The molecule has 0 bridgehead atoms. The third kappa shape index (κ3) is 4.42. The van der Waals surface area contributed by atoms with Crippen LogP contribution in [0.1, 0.15) is 35.8 Å². The minimum atomic E-state index is -0.0724. The molecule has 1 aliphatic heterocycles. The largest absolute Gasteiger partial charge is 0.497 e. The molecule has 3 aromatic carbocycles. The fraction of sp³-hybridized carbons (Fsp3) is 0.269. The highest BCUT2D eigenvalue weighted by molar-refractivity contribution is 5.96. The van der Waals surface area contributed by atoms with Gasteiger partial charge in [-0.05, 0) is 55.8 Å². The molecular weight excluding hydrogens is 390 g/mol. The van der Waals surface area contributed by atoms with Gasteiger partial charge in [-0.3, -0.25) is 9.63 Å². The van der Waals surface area contributed by atoms with E-state index in [1.165, 1.54) is 0 Å². The molecule has 3 aromatic rings. The predicted octanol–water partition coefficient (Wildman–Crippen LogP) is 5.47.